The number of nitrogens with two attached hydrogens (primary N) is 1. The fraction of sp³-hybridized carbons (Fsp3) is 0.500. The van der Waals surface area contributed by atoms with Gasteiger partial charge in [0.2, 0.25) is 0 Å². The van der Waals surface area contributed by atoms with E-state index in [9.17, 15) is 4.79 Å². The molecule has 2 rings (SSSR count). The minimum absolute atomic E-state index is 0.0672. The first kappa shape index (κ1) is 13.2. The molecule has 1 unspecified atom stereocenters. The van der Waals surface area contributed by atoms with E-state index >= 15 is 0 Å². The van der Waals surface area contributed by atoms with Crippen molar-refractivity contribution < 1.29 is 14.3 Å². The zero-order valence-corrected chi connectivity index (χ0v) is 10.8. The molecule has 1 aromatic rings. The molecule has 98 valence electrons. The van der Waals surface area contributed by atoms with Crippen LogP contribution in [0.4, 0.5) is 0 Å². The number of carbonyl (C=O) groups is 1. The monoisotopic (exact) mass is 249 g/mol. The Hall–Kier alpha value is -1.23. The van der Waals surface area contributed by atoms with Gasteiger partial charge in [0.25, 0.3) is 0 Å². The molecule has 0 aliphatic carbocycles. The van der Waals surface area contributed by atoms with Gasteiger partial charge in [0.05, 0.1) is 6.61 Å². The Bertz CT molecular complexity index is 442. The van der Waals surface area contributed by atoms with Gasteiger partial charge in [-0.3, -0.25) is 4.79 Å². The average molecular weight is 249 g/mol. The van der Waals surface area contributed by atoms with E-state index in [0.717, 1.165) is 5.56 Å². The van der Waals surface area contributed by atoms with Gasteiger partial charge in [-0.05, 0) is 32.0 Å². The van der Waals surface area contributed by atoms with Crippen molar-refractivity contribution in [1.82, 2.24) is 0 Å². The Kier molecular flexibility index (Phi) is 3.80. The molecule has 1 saturated heterocycles. The molecular formula is C14H19NO3. The van der Waals surface area contributed by atoms with Crippen LogP contribution >= 0.6 is 0 Å². The lowest BCUT2D eigenvalue weighted by Crippen LogP contribution is -2.19. The van der Waals surface area contributed by atoms with Gasteiger partial charge in [0.15, 0.2) is 11.6 Å². The van der Waals surface area contributed by atoms with Crippen LogP contribution in [0.25, 0.3) is 0 Å². The molecule has 4 heteroatoms. The molecule has 0 saturated carbocycles. The molecule has 2 N–H and O–H groups in total. The van der Waals surface area contributed by atoms with Crippen molar-refractivity contribution in [3.8, 4) is 0 Å². The van der Waals surface area contributed by atoms with Gasteiger partial charge in [-0.1, -0.05) is 18.2 Å². The Morgan fingerprint density at radius 1 is 1.50 bits per heavy atom. The van der Waals surface area contributed by atoms with Crippen molar-refractivity contribution in [3.05, 3.63) is 35.4 Å². The van der Waals surface area contributed by atoms with E-state index in [1.54, 1.807) is 0 Å². The summed E-state index contributed by atoms with van der Waals surface area (Å²) in [5, 5.41) is 0. The number of hydrogen-bond acceptors (Lipinski definition) is 4. The number of rotatable bonds is 4. The fourth-order valence-electron chi connectivity index (χ4n) is 2.04. The maximum Gasteiger partial charge on any atom is 0.164 e. The molecule has 1 heterocycles. The SMILES string of the molecule is CC1(C)OCC(c2cccc(C(=O)CCN)c2)O1. The standard InChI is InChI=1S/C14H19NO3/c1-14(2)17-9-13(18-14)11-5-3-4-10(8-11)12(16)6-7-15/h3-5,8,13H,6-7,9,15H2,1-2H3. The van der Waals surface area contributed by atoms with Crippen molar-refractivity contribution >= 4 is 5.78 Å². The van der Waals surface area contributed by atoms with Crippen molar-refractivity contribution in [2.45, 2.75) is 32.2 Å². The van der Waals surface area contributed by atoms with Crippen molar-refractivity contribution in [2.75, 3.05) is 13.2 Å². The maximum atomic E-state index is 11.8. The molecule has 1 aliphatic rings. The second-order valence-electron chi connectivity index (χ2n) is 4.90. The molecular weight excluding hydrogens is 230 g/mol. The van der Waals surface area contributed by atoms with Crippen molar-refractivity contribution in [3.63, 3.8) is 0 Å². The van der Waals surface area contributed by atoms with Crippen LogP contribution in [0.3, 0.4) is 0 Å². The van der Waals surface area contributed by atoms with Crippen LogP contribution in [-0.4, -0.2) is 24.7 Å². The minimum Gasteiger partial charge on any atom is -0.347 e. The molecule has 1 fully saturated rings. The highest BCUT2D eigenvalue weighted by Gasteiger charge is 2.33. The average Bonchev–Trinajstić information content (AvgIpc) is 2.70. The van der Waals surface area contributed by atoms with Gasteiger partial charge in [-0.25, -0.2) is 0 Å². The van der Waals surface area contributed by atoms with Crippen LogP contribution in [0, 0.1) is 0 Å². The Balaban J connectivity index is 2.15. The number of ketones is 1. The zero-order chi connectivity index (χ0) is 13.2. The van der Waals surface area contributed by atoms with E-state index in [4.69, 9.17) is 15.2 Å². The minimum atomic E-state index is -0.554. The lowest BCUT2D eigenvalue weighted by Gasteiger charge is -2.17. The summed E-state index contributed by atoms with van der Waals surface area (Å²) in [5.41, 5.74) is 7.06. The van der Waals surface area contributed by atoms with E-state index in [0.29, 0.717) is 25.1 Å². The molecule has 1 atom stereocenters. The fourth-order valence-corrected chi connectivity index (χ4v) is 2.04. The van der Waals surface area contributed by atoms with Crippen molar-refractivity contribution in [2.24, 2.45) is 5.73 Å². The van der Waals surface area contributed by atoms with Gasteiger partial charge in [0, 0.05) is 12.0 Å². The lowest BCUT2D eigenvalue weighted by atomic mass is 10.0. The summed E-state index contributed by atoms with van der Waals surface area (Å²) in [7, 11) is 0. The van der Waals surface area contributed by atoms with Crippen LogP contribution in [0.15, 0.2) is 24.3 Å². The van der Waals surface area contributed by atoms with Crippen LogP contribution in [0.2, 0.25) is 0 Å². The van der Waals surface area contributed by atoms with E-state index < -0.39 is 5.79 Å². The number of hydrogen-bond donors (Lipinski definition) is 1. The highest BCUT2D eigenvalue weighted by atomic mass is 16.7. The third kappa shape index (κ3) is 2.96. The number of ether oxygens (including phenoxy) is 2. The second kappa shape index (κ2) is 5.18. The number of Topliss-reactive ketones (excluding diaryl/α,β-unsaturated/α-hetero) is 1. The predicted molar refractivity (Wildman–Crippen MR) is 68.3 cm³/mol. The first-order valence-electron chi connectivity index (χ1n) is 6.17. The van der Waals surface area contributed by atoms with E-state index in [1.165, 1.54) is 0 Å². The molecule has 0 amide bonds. The first-order chi connectivity index (χ1) is 8.52. The molecule has 0 bridgehead atoms. The molecule has 0 spiro atoms. The summed E-state index contributed by atoms with van der Waals surface area (Å²) in [6, 6.07) is 7.50. The molecule has 0 aromatic heterocycles. The molecule has 0 radical (unpaired) electrons. The first-order valence-corrected chi connectivity index (χ1v) is 6.17. The molecule has 4 nitrogen and oxygen atoms in total. The predicted octanol–water partition coefficient (Wildman–Crippen LogP) is 2.04. The van der Waals surface area contributed by atoms with Gasteiger partial charge >= 0.3 is 0 Å². The molecule has 1 aromatic carbocycles. The molecule has 1 aliphatic heterocycles. The Morgan fingerprint density at radius 2 is 2.28 bits per heavy atom. The van der Waals surface area contributed by atoms with Crippen LogP contribution in [0.5, 0.6) is 0 Å². The summed E-state index contributed by atoms with van der Waals surface area (Å²) in [5.74, 6) is -0.486. The summed E-state index contributed by atoms with van der Waals surface area (Å²) in [4.78, 5) is 11.8. The molecule has 18 heavy (non-hydrogen) atoms. The summed E-state index contributed by atoms with van der Waals surface area (Å²) in [6.07, 6.45) is 0.266. The second-order valence-corrected chi connectivity index (χ2v) is 4.90. The zero-order valence-electron chi connectivity index (χ0n) is 10.8. The van der Waals surface area contributed by atoms with E-state index in [2.05, 4.69) is 0 Å². The van der Waals surface area contributed by atoms with Crippen LogP contribution in [-0.2, 0) is 9.47 Å². The van der Waals surface area contributed by atoms with Crippen LogP contribution < -0.4 is 5.73 Å². The Morgan fingerprint density at radius 3 is 2.89 bits per heavy atom. The summed E-state index contributed by atoms with van der Waals surface area (Å²) in [6.45, 7) is 4.66. The third-order valence-electron chi connectivity index (χ3n) is 2.96. The van der Waals surface area contributed by atoms with Crippen molar-refractivity contribution in [1.29, 1.82) is 0 Å². The van der Waals surface area contributed by atoms with Crippen LogP contribution in [0.1, 0.15) is 42.3 Å². The maximum absolute atomic E-state index is 11.8. The lowest BCUT2D eigenvalue weighted by molar-refractivity contribution is -0.139. The number of benzene rings is 1. The highest BCUT2D eigenvalue weighted by Crippen LogP contribution is 2.33. The quantitative estimate of drug-likeness (QED) is 0.829. The third-order valence-corrected chi connectivity index (χ3v) is 2.96. The summed E-state index contributed by atoms with van der Waals surface area (Å²) < 4.78 is 11.3. The van der Waals surface area contributed by atoms with E-state index in [1.807, 2.05) is 38.1 Å². The van der Waals surface area contributed by atoms with Gasteiger partial charge in [-0.15, -0.1) is 0 Å². The Labute approximate surface area is 107 Å². The highest BCUT2D eigenvalue weighted by molar-refractivity contribution is 5.96. The largest absolute Gasteiger partial charge is 0.347 e. The topological polar surface area (TPSA) is 61.5 Å². The normalized spacial score (nSPS) is 22.1. The van der Waals surface area contributed by atoms with Gasteiger partial charge in [0.1, 0.15) is 6.10 Å². The van der Waals surface area contributed by atoms with Gasteiger partial charge in [-0.2, -0.15) is 0 Å². The number of carbonyl (C=O) groups excluding carboxylic acids is 1. The summed E-state index contributed by atoms with van der Waals surface area (Å²) >= 11 is 0. The van der Waals surface area contributed by atoms with E-state index in [-0.39, 0.29) is 11.9 Å². The van der Waals surface area contributed by atoms with Gasteiger partial charge < -0.3 is 15.2 Å². The smallest absolute Gasteiger partial charge is 0.164 e.